The second-order valence-corrected chi connectivity index (χ2v) is 7.75. The van der Waals surface area contributed by atoms with E-state index in [4.69, 9.17) is 9.47 Å². The van der Waals surface area contributed by atoms with E-state index in [1.54, 1.807) is 0 Å². The number of para-hydroxylation sites is 1. The molecule has 0 spiro atoms. The van der Waals surface area contributed by atoms with Crippen molar-refractivity contribution < 1.29 is 19.1 Å². The molecule has 0 saturated carbocycles. The van der Waals surface area contributed by atoms with E-state index in [2.05, 4.69) is 11.4 Å². The van der Waals surface area contributed by atoms with E-state index in [9.17, 15) is 14.9 Å². The van der Waals surface area contributed by atoms with Crippen LogP contribution < -0.4 is 10.1 Å². The molecule has 2 aliphatic rings. The van der Waals surface area contributed by atoms with E-state index in [-0.39, 0.29) is 13.2 Å². The Kier molecular flexibility index (Phi) is 4.82. The third kappa shape index (κ3) is 3.53. The highest BCUT2D eigenvalue weighted by Gasteiger charge is 2.28. The van der Waals surface area contributed by atoms with Crippen molar-refractivity contribution in [3.05, 3.63) is 45.8 Å². The van der Waals surface area contributed by atoms with Gasteiger partial charge in [-0.2, -0.15) is 5.26 Å². The molecule has 2 heterocycles. The van der Waals surface area contributed by atoms with Gasteiger partial charge in [0.05, 0.1) is 11.5 Å². The molecule has 0 unspecified atom stereocenters. The molecule has 1 atom stereocenters. The van der Waals surface area contributed by atoms with Gasteiger partial charge in [-0.1, -0.05) is 18.2 Å². The molecule has 1 aromatic carbocycles. The predicted molar refractivity (Wildman–Crippen MR) is 99.8 cm³/mol. The maximum absolute atomic E-state index is 12.3. The van der Waals surface area contributed by atoms with E-state index >= 15 is 0 Å². The SMILES string of the molecule is N#Cc1c(NC(=O)COC(=O)[C@H]2COc3ccccc3C2)sc2c1CCC2. The molecule has 0 saturated heterocycles. The highest BCUT2D eigenvalue weighted by atomic mass is 32.1. The number of carbonyl (C=O) groups is 2. The molecule has 1 aliphatic carbocycles. The van der Waals surface area contributed by atoms with E-state index in [0.29, 0.717) is 17.0 Å². The third-order valence-corrected chi connectivity index (χ3v) is 6.05. The quantitative estimate of drug-likeness (QED) is 0.822. The first-order valence-electron chi connectivity index (χ1n) is 8.87. The van der Waals surface area contributed by atoms with Crippen LogP contribution in [-0.4, -0.2) is 25.1 Å². The average Bonchev–Trinajstić information content (AvgIpc) is 3.26. The number of carbonyl (C=O) groups excluding carboxylic acids is 2. The lowest BCUT2D eigenvalue weighted by Gasteiger charge is -2.23. The molecule has 7 heteroatoms. The number of nitrogens with one attached hydrogen (secondary N) is 1. The molecule has 1 amide bonds. The molecule has 0 bridgehead atoms. The summed E-state index contributed by atoms with van der Waals surface area (Å²) < 4.78 is 10.8. The molecule has 0 radical (unpaired) electrons. The summed E-state index contributed by atoms with van der Waals surface area (Å²) in [5.74, 6) is -0.521. The van der Waals surface area contributed by atoms with Gasteiger partial charge >= 0.3 is 5.97 Å². The lowest BCUT2D eigenvalue weighted by atomic mass is 9.97. The number of hydrogen-bond donors (Lipinski definition) is 1. The molecule has 1 aliphatic heterocycles. The molecular formula is C20H18N2O4S. The van der Waals surface area contributed by atoms with Crippen LogP contribution in [0.4, 0.5) is 5.00 Å². The Morgan fingerprint density at radius 1 is 1.33 bits per heavy atom. The third-order valence-electron chi connectivity index (χ3n) is 4.84. The molecular weight excluding hydrogens is 364 g/mol. The summed E-state index contributed by atoms with van der Waals surface area (Å²) in [5.41, 5.74) is 2.55. The number of amides is 1. The van der Waals surface area contributed by atoms with Gasteiger partial charge in [-0.25, -0.2) is 0 Å². The van der Waals surface area contributed by atoms with Crippen molar-refractivity contribution in [2.24, 2.45) is 5.92 Å². The second kappa shape index (κ2) is 7.41. The zero-order valence-electron chi connectivity index (χ0n) is 14.6. The smallest absolute Gasteiger partial charge is 0.313 e. The number of anilines is 1. The molecule has 6 nitrogen and oxygen atoms in total. The molecule has 138 valence electrons. The largest absolute Gasteiger partial charge is 0.492 e. The van der Waals surface area contributed by atoms with Crippen molar-refractivity contribution in [2.75, 3.05) is 18.5 Å². The van der Waals surface area contributed by atoms with Gasteiger partial charge in [0.1, 0.15) is 23.4 Å². The Morgan fingerprint density at radius 3 is 3.04 bits per heavy atom. The maximum Gasteiger partial charge on any atom is 0.313 e. The molecule has 2 aromatic rings. The summed E-state index contributed by atoms with van der Waals surface area (Å²) in [6.07, 6.45) is 3.41. The minimum absolute atomic E-state index is 0.244. The number of nitriles is 1. The van der Waals surface area contributed by atoms with Gasteiger partial charge in [0, 0.05) is 4.88 Å². The van der Waals surface area contributed by atoms with Crippen LogP contribution in [0.5, 0.6) is 5.75 Å². The minimum Gasteiger partial charge on any atom is -0.492 e. The van der Waals surface area contributed by atoms with Gasteiger partial charge in [0.15, 0.2) is 6.61 Å². The van der Waals surface area contributed by atoms with Crippen LogP contribution in [0.25, 0.3) is 0 Å². The number of thiophene rings is 1. The predicted octanol–water partition coefficient (Wildman–Crippen LogP) is 2.84. The van der Waals surface area contributed by atoms with E-state index < -0.39 is 17.8 Å². The molecule has 1 N–H and O–H groups in total. The first kappa shape index (κ1) is 17.6. The number of ether oxygens (including phenoxy) is 2. The van der Waals surface area contributed by atoms with Gasteiger partial charge in [-0.15, -0.1) is 11.3 Å². The van der Waals surface area contributed by atoms with Crippen LogP contribution in [0.1, 0.15) is 28.0 Å². The van der Waals surface area contributed by atoms with Crippen molar-refractivity contribution in [3.8, 4) is 11.8 Å². The van der Waals surface area contributed by atoms with Crippen LogP contribution in [0, 0.1) is 17.2 Å². The van der Waals surface area contributed by atoms with Crippen molar-refractivity contribution in [2.45, 2.75) is 25.7 Å². The monoisotopic (exact) mass is 382 g/mol. The Balaban J connectivity index is 1.32. The van der Waals surface area contributed by atoms with Gasteiger partial charge in [0.25, 0.3) is 5.91 Å². The summed E-state index contributed by atoms with van der Waals surface area (Å²) in [7, 11) is 0. The lowest BCUT2D eigenvalue weighted by molar-refractivity contribution is -0.152. The Bertz CT molecular complexity index is 944. The fourth-order valence-electron chi connectivity index (χ4n) is 3.51. The lowest BCUT2D eigenvalue weighted by Crippen LogP contribution is -2.31. The van der Waals surface area contributed by atoms with Crippen LogP contribution in [0.2, 0.25) is 0 Å². The number of nitrogens with zero attached hydrogens (tertiary/aromatic N) is 1. The fraction of sp³-hybridized carbons (Fsp3) is 0.350. The van der Waals surface area contributed by atoms with Gasteiger partial charge in [-0.05, 0) is 42.9 Å². The minimum atomic E-state index is -0.450. The van der Waals surface area contributed by atoms with Crippen LogP contribution in [0.3, 0.4) is 0 Å². The van der Waals surface area contributed by atoms with Gasteiger partial charge < -0.3 is 14.8 Å². The fourth-order valence-corrected chi connectivity index (χ4v) is 4.76. The molecule has 4 rings (SSSR count). The van der Waals surface area contributed by atoms with Crippen LogP contribution in [0.15, 0.2) is 24.3 Å². The van der Waals surface area contributed by atoms with E-state index in [1.807, 2.05) is 24.3 Å². The Labute approximate surface area is 160 Å². The van der Waals surface area contributed by atoms with E-state index in [0.717, 1.165) is 41.0 Å². The van der Waals surface area contributed by atoms with Crippen molar-refractivity contribution >= 4 is 28.2 Å². The normalized spacial score (nSPS) is 17.2. The zero-order chi connectivity index (χ0) is 18.8. The molecule has 27 heavy (non-hydrogen) atoms. The van der Waals surface area contributed by atoms with Gasteiger partial charge in [-0.3, -0.25) is 9.59 Å². The topological polar surface area (TPSA) is 88.4 Å². The standard InChI is InChI=1S/C20H18N2O4S/c21-9-15-14-5-3-7-17(14)27-19(15)22-18(23)11-26-20(24)13-8-12-4-1-2-6-16(12)25-10-13/h1-2,4,6,13H,3,5,7-8,10-11H2,(H,22,23)/t13-/m1/s1. The number of esters is 1. The summed E-state index contributed by atoms with van der Waals surface area (Å²) in [4.78, 5) is 25.6. The number of benzene rings is 1. The molecule has 0 fully saturated rings. The molecule has 1 aromatic heterocycles. The maximum atomic E-state index is 12.3. The Hall–Kier alpha value is -2.85. The summed E-state index contributed by atoms with van der Waals surface area (Å²) in [5, 5.41) is 12.6. The highest BCUT2D eigenvalue weighted by Crippen LogP contribution is 2.38. The van der Waals surface area contributed by atoms with Gasteiger partial charge in [0.2, 0.25) is 0 Å². The number of hydrogen-bond acceptors (Lipinski definition) is 6. The van der Waals surface area contributed by atoms with Crippen molar-refractivity contribution in [1.82, 2.24) is 0 Å². The van der Waals surface area contributed by atoms with Crippen molar-refractivity contribution in [1.29, 1.82) is 5.26 Å². The summed E-state index contributed by atoms with van der Waals surface area (Å²) in [6.45, 7) is -0.127. The summed E-state index contributed by atoms with van der Waals surface area (Å²) >= 11 is 1.44. The Morgan fingerprint density at radius 2 is 2.19 bits per heavy atom. The highest BCUT2D eigenvalue weighted by molar-refractivity contribution is 7.16. The zero-order valence-corrected chi connectivity index (χ0v) is 15.4. The number of rotatable bonds is 4. The second-order valence-electron chi connectivity index (χ2n) is 6.65. The number of fused-ring (bicyclic) bond motifs is 2. The van der Waals surface area contributed by atoms with Crippen LogP contribution in [-0.2, 0) is 33.6 Å². The number of aryl methyl sites for hydroxylation is 1. The summed E-state index contributed by atoms with van der Waals surface area (Å²) in [6, 6.07) is 9.75. The first-order chi connectivity index (χ1) is 13.2. The first-order valence-corrected chi connectivity index (χ1v) is 9.69. The van der Waals surface area contributed by atoms with Crippen molar-refractivity contribution in [3.63, 3.8) is 0 Å². The average molecular weight is 382 g/mol. The van der Waals surface area contributed by atoms with E-state index in [1.165, 1.54) is 11.3 Å². The van der Waals surface area contributed by atoms with Crippen LogP contribution >= 0.6 is 11.3 Å².